The van der Waals surface area contributed by atoms with Crippen LogP contribution >= 0.6 is 0 Å². The van der Waals surface area contributed by atoms with Gasteiger partial charge in [0.15, 0.2) is 5.57 Å². The number of methoxy groups -OCH3 is 1. The highest BCUT2D eigenvalue weighted by Crippen LogP contribution is 2.03. The molecule has 16 heavy (non-hydrogen) atoms. The number of carboxylic acids is 1. The predicted molar refractivity (Wildman–Crippen MR) is 55.6 cm³/mol. The van der Waals surface area contributed by atoms with Crippen LogP contribution in [0.4, 0.5) is 5.82 Å². The highest BCUT2D eigenvalue weighted by molar-refractivity contribution is 6.13. The van der Waals surface area contributed by atoms with Crippen LogP contribution in [-0.2, 0) is 14.3 Å². The number of esters is 1. The van der Waals surface area contributed by atoms with Crippen LogP contribution in [0, 0.1) is 0 Å². The molecule has 0 radical (unpaired) electrons. The number of nitrogens with one attached hydrogen (secondary N) is 1. The molecule has 0 aromatic carbocycles. The molecule has 0 aliphatic heterocycles. The predicted octanol–water partition coefficient (Wildman–Crippen LogP) is 0.635. The van der Waals surface area contributed by atoms with Crippen LogP contribution < -0.4 is 5.32 Å². The smallest absolute Gasteiger partial charge is 0.346 e. The maximum absolute atomic E-state index is 11.0. The van der Waals surface area contributed by atoms with Gasteiger partial charge in [0.25, 0.3) is 0 Å². The molecule has 0 spiro atoms. The quantitative estimate of drug-likeness (QED) is 0.336. The second-order valence-electron chi connectivity index (χ2n) is 2.71. The van der Waals surface area contributed by atoms with Crippen LogP contribution in [0.5, 0.6) is 0 Å². The van der Waals surface area contributed by atoms with Crippen molar-refractivity contribution in [3.8, 4) is 0 Å². The Morgan fingerprint density at radius 1 is 1.50 bits per heavy atom. The lowest BCUT2D eigenvalue weighted by Gasteiger charge is -2.02. The van der Waals surface area contributed by atoms with E-state index in [2.05, 4.69) is 15.0 Å². The van der Waals surface area contributed by atoms with Crippen molar-refractivity contribution in [3.63, 3.8) is 0 Å². The molecule has 0 amide bonds. The minimum Gasteiger partial charge on any atom is -0.477 e. The zero-order chi connectivity index (χ0) is 12.0. The first-order valence-corrected chi connectivity index (χ1v) is 4.34. The number of anilines is 1. The molecule has 1 rings (SSSR count). The lowest BCUT2D eigenvalue weighted by Crippen LogP contribution is -2.15. The fourth-order valence-electron chi connectivity index (χ4n) is 0.912. The first kappa shape index (κ1) is 11.7. The number of rotatable bonds is 4. The monoisotopic (exact) mass is 222 g/mol. The number of hydrogen-bond donors (Lipinski definition) is 2. The summed E-state index contributed by atoms with van der Waals surface area (Å²) in [4.78, 5) is 25.6. The molecule has 1 aromatic rings. The summed E-state index contributed by atoms with van der Waals surface area (Å²) in [6, 6.07) is 5.07. The summed E-state index contributed by atoms with van der Waals surface area (Å²) in [5.74, 6) is -1.85. The number of ether oxygens (including phenoxy) is 1. The van der Waals surface area contributed by atoms with Crippen molar-refractivity contribution >= 4 is 17.8 Å². The molecular weight excluding hydrogens is 212 g/mol. The molecule has 2 N–H and O–H groups in total. The van der Waals surface area contributed by atoms with Crippen molar-refractivity contribution in [1.82, 2.24) is 4.98 Å². The van der Waals surface area contributed by atoms with Gasteiger partial charge in [0, 0.05) is 12.4 Å². The Balaban J connectivity index is 2.81. The van der Waals surface area contributed by atoms with Crippen molar-refractivity contribution in [2.24, 2.45) is 0 Å². The van der Waals surface area contributed by atoms with E-state index in [0.717, 1.165) is 13.3 Å². The highest BCUT2D eigenvalue weighted by atomic mass is 16.5. The van der Waals surface area contributed by atoms with Crippen LogP contribution in [0.25, 0.3) is 0 Å². The molecule has 0 saturated heterocycles. The molecule has 84 valence electrons. The number of aromatic nitrogens is 1. The Bertz CT molecular complexity index is 414. The van der Waals surface area contributed by atoms with Crippen LogP contribution in [-0.4, -0.2) is 29.1 Å². The van der Waals surface area contributed by atoms with Crippen LogP contribution in [0.15, 0.2) is 36.2 Å². The number of carboxylic acid groups (broad SMARTS) is 1. The summed E-state index contributed by atoms with van der Waals surface area (Å²) in [7, 11) is 1.11. The van der Waals surface area contributed by atoms with Crippen LogP contribution in [0.2, 0.25) is 0 Å². The van der Waals surface area contributed by atoms with Crippen molar-refractivity contribution in [2.75, 3.05) is 12.4 Å². The number of nitrogens with zero attached hydrogens (tertiary/aromatic N) is 1. The van der Waals surface area contributed by atoms with E-state index in [9.17, 15) is 9.59 Å². The zero-order valence-electron chi connectivity index (χ0n) is 8.51. The highest BCUT2D eigenvalue weighted by Gasteiger charge is 2.17. The van der Waals surface area contributed by atoms with Gasteiger partial charge < -0.3 is 15.2 Å². The van der Waals surface area contributed by atoms with Crippen molar-refractivity contribution in [1.29, 1.82) is 0 Å². The Kier molecular flexibility index (Phi) is 4.02. The summed E-state index contributed by atoms with van der Waals surface area (Å²) in [6.07, 6.45) is 2.57. The van der Waals surface area contributed by atoms with E-state index < -0.39 is 17.5 Å². The summed E-state index contributed by atoms with van der Waals surface area (Å²) in [6.45, 7) is 0. The fourth-order valence-corrected chi connectivity index (χ4v) is 0.912. The maximum atomic E-state index is 11.0. The molecule has 1 aromatic heterocycles. The normalized spacial score (nSPS) is 10.7. The first-order chi connectivity index (χ1) is 7.65. The van der Waals surface area contributed by atoms with Gasteiger partial charge >= 0.3 is 11.9 Å². The van der Waals surface area contributed by atoms with Crippen LogP contribution in [0.1, 0.15) is 0 Å². The third-order valence-corrected chi connectivity index (χ3v) is 1.66. The molecule has 0 fully saturated rings. The summed E-state index contributed by atoms with van der Waals surface area (Å²) in [5.41, 5.74) is -0.492. The number of carbonyl (C=O) groups is 2. The Morgan fingerprint density at radius 2 is 2.25 bits per heavy atom. The van der Waals surface area contributed by atoms with E-state index in [0.29, 0.717) is 5.82 Å². The van der Waals surface area contributed by atoms with Gasteiger partial charge in [0.2, 0.25) is 0 Å². The minimum absolute atomic E-state index is 0.435. The van der Waals surface area contributed by atoms with Gasteiger partial charge in [-0.1, -0.05) is 6.07 Å². The average molecular weight is 222 g/mol. The second kappa shape index (κ2) is 5.50. The largest absolute Gasteiger partial charge is 0.477 e. The Hall–Kier alpha value is -2.37. The van der Waals surface area contributed by atoms with Gasteiger partial charge in [-0.3, -0.25) is 0 Å². The minimum atomic E-state index is -1.37. The first-order valence-electron chi connectivity index (χ1n) is 4.34. The van der Waals surface area contributed by atoms with Gasteiger partial charge in [-0.05, 0) is 12.1 Å². The molecule has 0 bridgehead atoms. The van der Waals surface area contributed by atoms with Crippen molar-refractivity contribution in [2.45, 2.75) is 0 Å². The third-order valence-electron chi connectivity index (χ3n) is 1.66. The SMILES string of the molecule is COC(=O)/C(=C\Nc1ccccn1)C(=O)O. The van der Waals surface area contributed by atoms with E-state index in [4.69, 9.17) is 5.11 Å². The summed E-state index contributed by atoms with van der Waals surface area (Å²) < 4.78 is 4.31. The van der Waals surface area contributed by atoms with Gasteiger partial charge in [0.1, 0.15) is 5.82 Å². The lowest BCUT2D eigenvalue weighted by atomic mass is 10.3. The van der Waals surface area contributed by atoms with E-state index in [1.165, 1.54) is 6.20 Å². The van der Waals surface area contributed by atoms with Gasteiger partial charge in [0.05, 0.1) is 7.11 Å². The van der Waals surface area contributed by atoms with Crippen molar-refractivity contribution in [3.05, 3.63) is 36.2 Å². The Labute approximate surface area is 91.6 Å². The Morgan fingerprint density at radius 3 is 2.75 bits per heavy atom. The van der Waals surface area contributed by atoms with Gasteiger partial charge in [-0.25, -0.2) is 14.6 Å². The lowest BCUT2D eigenvalue weighted by molar-refractivity contribution is -0.142. The number of pyridine rings is 1. The topological polar surface area (TPSA) is 88.5 Å². The van der Waals surface area contributed by atoms with Gasteiger partial charge in [-0.2, -0.15) is 0 Å². The molecule has 6 heteroatoms. The number of aliphatic carboxylic acids is 1. The van der Waals surface area contributed by atoms with Gasteiger partial charge in [-0.15, -0.1) is 0 Å². The van der Waals surface area contributed by atoms with E-state index in [-0.39, 0.29) is 0 Å². The van der Waals surface area contributed by atoms with Crippen LogP contribution in [0.3, 0.4) is 0 Å². The standard InChI is InChI=1S/C10H10N2O4/c1-16-10(15)7(9(13)14)6-12-8-4-2-3-5-11-8/h2-6H,1H3,(H,11,12)(H,13,14)/b7-6-. The molecular formula is C10H10N2O4. The number of hydrogen-bond acceptors (Lipinski definition) is 5. The van der Waals surface area contributed by atoms with E-state index in [1.54, 1.807) is 18.2 Å². The second-order valence-corrected chi connectivity index (χ2v) is 2.71. The summed E-state index contributed by atoms with van der Waals surface area (Å²) >= 11 is 0. The summed E-state index contributed by atoms with van der Waals surface area (Å²) in [5, 5.41) is 11.3. The molecule has 0 unspecified atom stereocenters. The fraction of sp³-hybridized carbons (Fsp3) is 0.100. The van der Waals surface area contributed by atoms with E-state index in [1.807, 2.05) is 0 Å². The molecule has 0 atom stereocenters. The molecule has 1 heterocycles. The molecule has 0 saturated carbocycles. The molecule has 0 aliphatic rings. The number of carbonyl (C=O) groups excluding carboxylic acids is 1. The van der Waals surface area contributed by atoms with Crippen molar-refractivity contribution < 1.29 is 19.4 Å². The molecule has 6 nitrogen and oxygen atoms in total. The maximum Gasteiger partial charge on any atom is 0.346 e. The van der Waals surface area contributed by atoms with E-state index >= 15 is 0 Å². The third kappa shape index (κ3) is 3.09. The zero-order valence-corrected chi connectivity index (χ0v) is 8.51. The average Bonchev–Trinajstić information content (AvgIpc) is 2.30. The molecule has 0 aliphatic carbocycles.